The van der Waals surface area contributed by atoms with Crippen molar-refractivity contribution in [1.82, 2.24) is 0 Å². The number of hydrogen-bond acceptors (Lipinski definition) is 8. The van der Waals surface area contributed by atoms with Gasteiger partial charge in [-0.2, -0.15) is 0 Å². The Hall–Kier alpha value is -1.55. The summed E-state index contributed by atoms with van der Waals surface area (Å²) >= 11 is 0. The summed E-state index contributed by atoms with van der Waals surface area (Å²) in [7, 11) is -4.62. The molecule has 0 aliphatic carbocycles. The average molecular weight is 844 g/mol. The van der Waals surface area contributed by atoms with Crippen molar-refractivity contribution < 1.29 is 42.7 Å². The third kappa shape index (κ3) is 42.6. The molecule has 0 aromatic rings. The van der Waals surface area contributed by atoms with Gasteiger partial charge in [0, 0.05) is 13.0 Å². The van der Waals surface area contributed by atoms with Gasteiger partial charge in [-0.3, -0.25) is 18.6 Å². The predicted octanol–water partition coefficient (Wildman–Crippen LogP) is 13.5. The highest BCUT2D eigenvalue weighted by molar-refractivity contribution is 7.47. The van der Waals surface area contributed by atoms with E-state index in [1.165, 1.54) is 154 Å². The molecule has 0 aromatic heterocycles. The van der Waals surface area contributed by atoms with E-state index in [1.807, 2.05) is 0 Å². The van der Waals surface area contributed by atoms with Gasteiger partial charge >= 0.3 is 19.8 Å². The molecule has 58 heavy (non-hydrogen) atoms. The Bertz CT molecular complexity index is 1020. The Labute approximate surface area is 355 Å². The number of carboxylic acids is 1. The van der Waals surface area contributed by atoms with Crippen molar-refractivity contribution in [3.63, 3.8) is 0 Å². The fraction of sp³-hybridized carbons (Fsp3) is 0.872. The van der Waals surface area contributed by atoms with Gasteiger partial charge in [0.2, 0.25) is 0 Å². The monoisotopic (exact) mass is 844 g/mol. The van der Waals surface area contributed by atoms with Crippen LogP contribution in [0.25, 0.3) is 0 Å². The number of ether oxygens (including phenoxy) is 2. The first-order chi connectivity index (χ1) is 28.2. The molecular formula is C47H90NO9P. The van der Waals surface area contributed by atoms with Crippen molar-refractivity contribution >= 4 is 19.8 Å². The third-order valence-electron chi connectivity index (χ3n) is 10.5. The number of hydrogen-bond donors (Lipinski definition) is 3. The maximum atomic E-state index is 12.7. The van der Waals surface area contributed by atoms with Crippen molar-refractivity contribution in [3.05, 3.63) is 24.3 Å². The lowest BCUT2D eigenvalue weighted by Crippen LogP contribution is -2.34. The molecule has 4 N–H and O–H groups in total. The lowest BCUT2D eigenvalue weighted by molar-refractivity contribution is -0.154. The maximum absolute atomic E-state index is 12.7. The largest absolute Gasteiger partial charge is 0.480 e. The molecule has 3 unspecified atom stereocenters. The van der Waals surface area contributed by atoms with Crippen molar-refractivity contribution in [2.75, 3.05) is 26.4 Å². The highest BCUT2D eigenvalue weighted by atomic mass is 31.2. The SMILES string of the molecule is CCCCC/C=C\C/C=C\CCCCCCCCOCC(COP(=O)(O)OCC(N)C(=O)O)OC(=O)CCCCCCCCCCCCCCCCCCCCCC. The van der Waals surface area contributed by atoms with E-state index < -0.39 is 45.1 Å². The van der Waals surface area contributed by atoms with Crippen LogP contribution in [0.5, 0.6) is 0 Å². The second-order valence-corrected chi connectivity index (χ2v) is 17.7. The van der Waals surface area contributed by atoms with Gasteiger partial charge in [0.15, 0.2) is 0 Å². The fourth-order valence-corrected chi connectivity index (χ4v) is 7.53. The molecule has 0 heterocycles. The second-order valence-electron chi connectivity index (χ2n) is 16.2. The molecule has 10 nitrogen and oxygen atoms in total. The van der Waals surface area contributed by atoms with Crippen LogP contribution in [0.3, 0.4) is 0 Å². The van der Waals surface area contributed by atoms with Crippen LogP contribution < -0.4 is 5.73 Å². The van der Waals surface area contributed by atoms with Crippen molar-refractivity contribution in [2.45, 2.75) is 238 Å². The number of carbonyl (C=O) groups is 2. The molecule has 0 spiro atoms. The van der Waals surface area contributed by atoms with Crippen LogP contribution in [0.1, 0.15) is 226 Å². The van der Waals surface area contributed by atoms with Crippen LogP contribution in [-0.4, -0.2) is 60.5 Å². The van der Waals surface area contributed by atoms with E-state index >= 15 is 0 Å². The molecule has 0 rings (SSSR count). The van der Waals surface area contributed by atoms with Gasteiger partial charge in [0.05, 0.1) is 19.8 Å². The molecule has 11 heteroatoms. The van der Waals surface area contributed by atoms with Crippen LogP contribution in [0.15, 0.2) is 24.3 Å². The van der Waals surface area contributed by atoms with E-state index in [2.05, 4.69) is 38.2 Å². The van der Waals surface area contributed by atoms with Crippen molar-refractivity contribution in [2.24, 2.45) is 5.73 Å². The first kappa shape index (κ1) is 56.5. The van der Waals surface area contributed by atoms with Gasteiger partial charge in [-0.25, -0.2) is 4.57 Å². The topological polar surface area (TPSA) is 155 Å². The lowest BCUT2D eigenvalue weighted by Gasteiger charge is -2.20. The van der Waals surface area contributed by atoms with Gasteiger partial charge in [0.25, 0.3) is 0 Å². The van der Waals surface area contributed by atoms with E-state index in [9.17, 15) is 19.0 Å². The molecule has 0 aliphatic rings. The highest BCUT2D eigenvalue weighted by Crippen LogP contribution is 2.43. The Morgan fingerprint density at radius 2 is 0.948 bits per heavy atom. The van der Waals surface area contributed by atoms with Crippen LogP contribution in [0.4, 0.5) is 0 Å². The average Bonchev–Trinajstić information content (AvgIpc) is 3.20. The quantitative estimate of drug-likeness (QED) is 0.0233. The number of allylic oxidation sites excluding steroid dienone is 4. The smallest absolute Gasteiger partial charge is 0.472 e. The lowest BCUT2D eigenvalue weighted by atomic mass is 10.0. The number of phosphoric acid groups is 1. The molecule has 0 saturated carbocycles. The van der Waals surface area contributed by atoms with Crippen LogP contribution >= 0.6 is 7.82 Å². The molecule has 0 aromatic carbocycles. The minimum atomic E-state index is -4.62. The molecule has 0 bridgehead atoms. The van der Waals surface area contributed by atoms with E-state index in [4.69, 9.17) is 29.4 Å². The molecule has 0 amide bonds. The summed E-state index contributed by atoms with van der Waals surface area (Å²) in [6, 6.07) is -1.47. The zero-order valence-corrected chi connectivity index (χ0v) is 38.3. The predicted molar refractivity (Wildman–Crippen MR) is 240 cm³/mol. The van der Waals surface area contributed by atoms with Gasteiger partial charge in [-0.05, 0) is 44.9 Å². The zero-order chi connectivity index (χ0) is 42.6. The number of esters is 1. The summed E-state index contributed by atoms with van der Waals surface area (Å²) in [6.45, 7) is 3.87. The summed E-state index contributed by atoms with van der Waals surface area (Å²) in [5, 5.41) is 8.91. The summed E-state index contributed by atoms with van der Waals surface area (Å²) in [6.07, 6.45) is 48.0. The van der Waals surface area contributed by atoms with E-state index in [0.29, 0.717) is 13.0 Å². The van der Waals surface area contributed by atoms with Gasteiger partial charge < -0.3 is 25.2 Å². The zero-order valence-electron chi connectivity index (χ0n) is 37.4. The number of rotatable bonds is 46. The number of unbranched alkanes of at least 4 members (excludes halogenated alkanes) is 28. The summed E-state index contributed by atoms with van der Waals surface area (Å²) < 4.78 is 33.4. The van der Waals surface area contributed by atoms with E-state index in [-0.39, 0.29) is 13.0 Å². The minimum Gasteiger partial charge on any atom is -0.480 e. The van der Waals surface area contributed by atoms with Crippen molar-refractivity contribution in [1.29, 1.82) is 0 Å². The second kappa shape index (κ2) is 43.5. The number of carbonyl (C=O) groups excluding carboxylic acids is 1. The number of phosphoric ester groups is 1. The van der Waals surface area contributed by atoms with Gasteiger partial charge in [0.1, 0.15) is 12.1 Å². The summed E-state index contributed by atoms with van der Waals surface area (Å²) in [5.74, 6) is -1.77. The van der Waals surface area contributed by atoms with Gasteiger partial charge in [-0.1, -0.05) is 199 Å². The number of nitrogens with two attached hydrogens (primary N) is 1. The van der Waals surface area contributed by atoms with Gasteiger partial charge in [-0.15, -0.1) is 0 Å². The molecule has 0 fully saturated rings. The maximum Gasteiger partial charge on any atom is 0.472 e. The molecule has 0 radical (unpaired) electrons. The standard InChI is InChI=1S/C47H90NO9P/c1-3-5-7-9-11-13-15-17-19-21-22-23-24-25-27-29-31-33-35-37-39-46(49)57-44(42-55-58(52,53)56-43-45(48)47(50)51)41-54-40-38-36-34-32-30-28-26-20-18-16-14-12-10-8-6-4-2/h12,14,18,20,44-45H,3-11,13,15-17,19,21-43,48H2,1-2H3,(H,50,51)(H,52,53)/b14-12-,20-18-. The van der Waals surface area contributed by atoms with E-state index in [1.54, 1.807) is 0 Å². The van der Waals surface area contributed by atoms with Crippen LogP contribution in [0, 0.1) is 0 Å². The number of carboxylic acid groups (broad SMARTS) is 1. The highest BCUT2D eigenvalue weighted by Gasteiger charge is 2.27. The van der Waals surface area contributed by atoms with E-state index in [0.717, 1.165) is 44.9 Å². The van der Waals surface area contributed by atoms with Crippen molar-refractivity contribution in [3.8, 4) is 0 Å². The normalized spacial score (nSPS) is 14.0. The molecule has 0 aliphatic heterocycles. The molecule has 3 atom stereocenters. The Balaban J connectivity index is 4.16. The Morgan fingerprint density at radius 3 is 1.43 bits per heavy atom. The molecule has 0 saturated heterocycles. The van der Waals surface area contributed by atoms with Crippen LogP contribution in [-0.2, 0) is 32.7 Å². The Morgan fingerprint density at radius 1 is 0.552 bits per heavy atom. The summed E-state index contributed by atoms with van der Waals surface area (Å²) in [5.41, 5.74) is 5.36. The summed E-state index contributed by atoms with van der Waals surface area (Å²) in [4.78, 5) is 33.6. The van der Waals surface area contributed by atoms with Crippen LogP contribution in [0.2, 0.25) is 0 Å². The third-order valence-corrected chi connectivity index (χ3v) is 11.4. The first-order valence-corrected chi connectivity index (χ1v) is 25.4. The Kier molecular flexibility index (Phi) is 42.4. The first-order valence-electron chi connectivity index (χ1n) is 23.9. The molecule has 342 valence electrons. The molecular weight excluding hydrogens is 753 g/mol. The minimum absolute atomic E-state index is 0.0138. The fourth-order valence-electron chi connectivity index (χ4n) is 6.75. The number of aliphatic carboxylic acids is 1.